The van der Waals surface area contributed by atoms with Crippen molar-refractivity contribution in [2.45, 2.75) is 20.8 Å². The minimum Gasteiger partial charge on any atom is -0.484 e. The second-order valence-corrected chi connectivity index (χ2v) is 8.54. The third kappa shape index (κ3) is 5.34. The molecule has 0 radical (unpaired) electrons. The first-order chi connectivity index (χ1) is 16.0. The number of halogens is 1. The van der Waals surface area contributed by atoms with Gasteiger partial charge in [0.05, 0.1) is 5.69 Å². The number of hydrogen-bond donors (Lipinski definition) is 1. The van der Waals surface area contributed by atoms with E-state index in [4.69, 9.17) is 4.74 Å². The van der Waals surface area contributed by atoms with Gasteiger partial charge in [0, 0.05) is 28.9 Å². The normalized spacial score (nSPS) is 10.9. The molecular formula is C25H26BrN5O2. The fraction of sp³-hybridized carbons (Fsp3) is 0.240. The topological polar surface area (TPSA) is 72.3 Å². The van der Waals surface area contributed by atoms with Crippen molar-refractivity contribution in [3.63, 3.8) is 0 Å². The second-order valence-electron chi connectivity index (χ2n) is 7.62. The SMILES string of the molecule is CCN(CC)c1ccc(-n2nc3cc(C)c(NC(=O)COc4ccc(Br)cc4)cc3n2)cc1. The summed E-state index contributed by atoms with van der Waals surface area (Å²) >= 11 is 3.38. The molecule has 0 spiro atoms. The Balaban J connectivity index is 1.48. The number of rotatable bonds is 8. The standard InChI is InChI=1S/C25H26BrN5O2/c1-4-30(5-2)19-8-10-20(11-9-19)31-28-23-14-17(3)22(15-24(23)29-31)27-25(32)16-33-21-12-6-18(26)7-13-21/h6-15H,4-5,16H2,1-3H3,(H,27,32). The molecule has 3 aromatic carbocycles. The third-order valence-corrected chi connectivity index (χ3v) is 5.92. The van der Waals surface area contributed by atoms with Gasteiger partial charge in [-0.25, -0.2) is 0 Å². The molecule has 0 aliphatic carbocycles. The Labute approximate surface area is 201 Å². The Morgan fingerprint density at radius 2 is 1.64 bits per heavy atom. The summed E-state index contributed by atoms with van der Waals surface area (Å²) in [5.41, 5.74) is 5.13. The number of ether oxygens (including phenoxy) is 1. The van der Waals surface area contributed by atoms with Crippen LogP contribution >= 0.6 is 15.9 Å². The molecule has 4 rings (SSSR count). The van der Waals surface area contributed by atoms with Gasteiger partial charge in [-0.15, -0.1) is 10.2 Å². The van der Waals surface area contributed by atoms with Crippen LogP contribution < -0.4 is 15.0 Å². The molecule has 1 heterocycles. The fourth-order valence-corrected chi connectivity index (χ4v) is 3.83. The van der Waals surface area contributed by atoms with Gasteiger partial charge < -0.3 is 15.0 Å². The molecule has 8 heteroatoms. The van der Waals surface area contributed by atoms with Gasteiger partial charge >= 0.3 is 0 Å². The average Bonchev–Trinajstić information content (AvgIpc) is 3.23. The lowest BCUT2D eigenvalue weighted by atomic mass is 10.1. The highest BCUT2D eigenvalue weighted by atomic mass is 79.9. The number of aromatic nitrogens is 3. The number of hydrogen-bond acceptors (Lipinski definition) is 5. The van der Waals surface area contributed by atoms with Crippen LogP contribution in [0.4, 0.5) is 11.4 Å². The first-order valence-electron chi connectivity index (χ1n) is 10.9. The van der Waals surface area contributed by atoms with Gasteiger partial charge in [0.15, 0.2) is 6.61 Å². The van der Waals surface area contributed by atoms with Crippen LogP contribution in [0.1, 0.15) is 19.4 Å². The molecule has 0 atom stereocenters. The number of aryl methyl sites for hydroxylation is 1. The molecule has 170 valence electrons. The average molecular weight is 508 g/mol. The summed E-state index contributed by atoms with van der Waals surface area (Å²) in [6, 6.07) is 19.3. The lowest BCUT2D eigenvalue weighted by Gasteiger charge is -2.20. The van der Waals surface area contributed by atoms with Crippen LogP contribution in [-0.4, -0.2) is 40.6 Å². The van der Waals surface area contributed by atoms with E-state index in [0.29, 0.717) is 17.0 Å². The molecule has 0 bridgehead atoms. The molecule has 1 N–H and O–H groups in total. The maximum Gasteiger partial charge on any atom is 0.262 e. The number of nitrogens with one attached hydrogen (secondary N) is 1. The molecule has 1 amide bonds. The van der Waals surface area contributed by atoms with Gasteiger partial charge in [0.2, 0.25) is 0 Å². The Bertz CT molecular complexity index is 1250. The van der Waals surface area contributed by atoms with Crippen molar-refractivity contribution in [1.29, 1.82) is 0 Å². The van der Waals surface area contributed by atoms with E-state index in [1.807, 2.05) is 55.5 Å². The first kappa shape index (κ1) is 22.8. The smallest absolute Gasteiger partial charge is 0.262 e. The van der Waals surface area contributed by atoms with E-state index >= 15 is 0 Å². The fourth-order valence-electron chi connectivity index (χ4n) is 3.57. The Morgan fingerprint density at radius 1 is 1.00 bits per heavy atom. The molecule has 7 nitrogen and oxygen atoms in total. The van der Waals surface area contributed by atoms with Gasteiger partial charge in [-0.2, -0.15) is 4.80 Å². The van der Waals surface area contributed by atoms with Crippen molar-refractivity contribution in [1.82, 2.24) is 15.0 Å². The summed E-state index contributed by atoms with van der Waals surface area (Å²) in [5, 5.41) is 12.1. The minimum absolute atomic E-state index is 0.0787. The lowest BCUT2D eigenvalue weighted by molar-refractivity contribution is -0.118. The Hall–Kier alpha value is -3.39. The van der Waals surface area contributed by atoms with Crippen molar-refractivity contribution in [3.05, 3.63) is 70.7 Å². The zero-order valence-corrected chi connectivity index (χ0v) is 20.5. The van der Waals surface area contributed by atoms with E-state index < -0.39 is 0 Å². The van der Waals surface area contributed by atoms with Crippen LogP contribution in [0.15, 0.2) is 65.1 Å². The van der Waals surface area contributed by atoms with E-state index in [9.17, 15) is 4.79 Å². The van der Waals surface area contributed by atoms with Crippen LogP contribution in [0.25, 0.3) is 16.7 Å². The lowest BCUT2D eigenvalue weighted by Crippen LogP contribution is -2.21. The summed E-state index contributed by atoms with van der Waals surface area (Å²) in [6.45, 7) is 8.06. The zero-order valence-electron chi connectivity index (χ0n) is 18.9. The summed E-state index contributed by atoms with van der Waals surface area (Å²) < 4.78 is 6.51. The van der Waals surface area contributed by atoms with Crippen molar-refractivity contribution >= 4 is 44.2 Å². The summed E-state index contributed by atoms with van der Waals surface area (Å²) in [4.78, 5) is 16.3. The summed E-state index contributed by atoms with van der Waals surface area (Å²) in [5.74, 6) is 0.398. The van der Waals surface area contributed by atoms with Gasteiger partial charge in [-0.3, -0.25) is 4.79 Å². The molecule has 1 aromatic heterocycles. The molecule has 0 saturated heterocycles. The number of benzene rings is 3. The molecule has 4 aromatic rings. The van der Waals surface area contributed by atoms with E-state index in [2.05, 4.69) is 62.3 Å². The highest BCUT2D eigenvalue weighted by Gasteiger charge is 2.12. The number of amides is 1. The predicted molar refractivity (Wildman–Crippen MR) is 135 cm³/mol. The zero-order chi connectivity index (χ0) is 23.4. The third-order valence-electron chi connectivity index (χ3n) is 5.39. The number of carbonyl (C=O) groups excluding carboxylic acids is 1. The number of fused-ring (bicyclic) bond motifs is 1. The number of nitrogens with zero attached hydrogens (tertiary/aromatic N) is 4. The molecular weight excluding hydrogens is 482 g/mol. The number of carbonyl (C=O) groups is 1. The Kier molecular flexibility index (Phi) is 6.93. The summed E-state index contributed by atoms with van der Waals surface area (Å²) in [7, 11) is 0. The van der Waals surface area contributed by atoms with Crippen LogP contribution in [-0.2, 0) is 4.79 Å². The van der Waals surface area contributed by atoms with Crippen molar-refractivity contribution < 1.29 is 9.53 Å². The van der Waals surface area contributed by atoms with Crippen LogP contribution in [0.2, 0.25) is 0 Å². The number of anilines is 2. The molecule has 0 saturated carbocycles. The largest absolute Gasteiger partial charge is 0.484 e. The Morgan fingerprint density at radius 3 is 2.27 bits per heavy atom. The van der Waals surface area contributed by atoms with Gasteiger partial charge in [-0.05, 0) is 87.0 Å². The van der Waals surface area contributed by atoms with E-state index in [1.165, 1.54) is 5.69 Å². The van der Waals surface area contributed by atoms with Gasteiger partial charge in [0.25, 0.3) is 5.91 Å². The van der Waals surface area contributed by atoms with Crippen molar-refractivity contribution in [2.75, 3.05) is 29.9 Å². The molecule has 0 aliphatic heterocycles. The highest BCUT2D eigenvalue weighted by molar-refractivity contribution is 9.10. The molecule has 0 unspecified atom stereocenters. The molecule has 0 aliphatic rings. The quantitative estimate of drug-likeness (QED) is 0.347. The van der Waals surface area contributed by atoms with Crippen molar-refractivity contribution in [2.24, 2.45) is 0 Å². The maximum atomic E-state index is 12.4. The molecule has 33 heavy (non-hydrogen) atoms. The maximum absolute atomic E-state index is 12.4. The minimum atomic E-state index is -0.236. The van der Waals surface area contributed by atoms with E-state index in [-0.39, 0.29) is 12.5 Å². The molecule has 0 fully saturated rings. The van der Waals surface area contributed by atoms with Crippen LogP contribution in [0.3, 0.4) is 0 Å². The van der Waals surface area contributed by atoms with Gasteiger partial charge in [-0.1, -0.05) is 15.9 Å². The van der Waals surface area contributed by atoms with E-state index in [1.54, 1.807) is 4.80 Å². The van der Waals surface area contributed by atoms with Crippen molar-refractivity contribution in [3.8, 4) is 11.4 Å². The monoisotopic (exact) mass is 507 g/mol. The second kappa shape index (κ2) is 10.0. The van der Waals surface area contributed by atoms with Crippen LogP contribution in [0.5, 0.6) is 5.75 Å². The first-order valence-corrected chi connectivity index (χ1v) is 11.7. The van der Waals surface area contributed by atoms with E-state index in [0.717, 1.165) is 34.3 Å². The van der Waals surface area contributed by atoms with Gasteiger partial charge in [0.1, 0.15) is 16.8 Å². The predicted octanol–water partition coefficient (Wildman–Crippen LogP) is 5.36. The van der Waals surface area contributed by atoms with Crippen LogP contribution in [0, 0.1) is 6.92 Å². The summed E-state index contributed by atoms with van der Waals surface area (Å²) in [6.07, 6.45) is 0. The highest BCUT2D eigenvalue weighted by Crippen LogP contribution is 2.23.